The number of morpholine rings is 1. The van der Waals surface area contributed by atoms with E-state index in [1.807, 2.05) is 18.2 Å². The number of likely N-dealkylation sites (tertiary alicyclic amines) is 1. The maximum absolute atomic E-state index is 13.6. The Morgan fingerprint density at radius 1 is 1.13 bits per heavy atom. The maximum Gasteiger partial charge on any atom is 0.410 e. The van der Waals surface area contributed by atoms with E-state index in [0.717, 1.165) is 5.56 Å². The van der Waals surface area contributed by atoms with E-state index in [1.165, 1.54) is 12.1 Å². The second kappa shape index (κ2) is 11.6. The smallest absolute Gasteiger partial charge is 0.410 e. The number of halogens is 1. The third-order valence-corrected chi connectivity index (χ3v) is 6.78. The van der Waals surface area contributed by atoms with Gasteiger partial charge < -0.3 is 30.3 Å². The number of primary amides is 1. The van der Waals surface area contributed by atoms with Crippen molar-refractivity contribution in [2.75, 3.05) is 25.0 Å². The molecule has 0 aliphatic carbocycles. The first-order chi connectivity index (χ1) is 18.4. The molecule has 2 fully saturated rings. The van der Waals surface area contributed by atoms with Gasteiger partial charge in [0, 0.05) is 29.4 Å². The number of anilines is 1. The van der Waals surface area contributed by atoms with Gasteiger partial charge in [0.1, 0.15) is 11.7 Å². The largest absolute Gasteiger partial charge is 0.444 e. The van der Waals surface area contributed by atoms with Crippen molar-refractivity contribution in [2.45, 2.75) is 57.5 Å². The standard InChI is InChI=1S/C28H33ClN4O6/c1-28(2,3)39-27(37)32-15-21-23(16-32)38-22(14-24(34)31-20-9-7-18(8-10-20)25(30)35)26(36)33(21)12-11-17-5-4-6-19(29)13-17/h4-10,13,21-23H,11-12,14-16H2,1-3H3,(H2,30,35)(H,31,34). The normalized spacial score (nSPS) is 20.9. The molecule has 3 N–H and O–H groups in total. The van der Waals surface area contributed by atoms with Crippen LogP contribution in [0.25, 0.3) is 0 Å². The molecule has 2 aromatic carbocycles. The molecule has 0 spiro atoms. The first-order valence-corrected chi connectivity index (χ1v) is 13.2. The van der Waals surface area contributed by atoms with Crippen LogP contribution in [0.3, 0.4) is 0 Å². The van der Waals surface area contributed by atoms with Gasteiger partial charge in [-0.25, -0.2) is 4.79 Å². The molecule has 11 heteroatoms. The quantitative estimate of drug-likeness (QED) is 0.538. The predicted octanol–water partition coefficient (Wildman–Crippen LogP) is 3.23. The van der Waals surface area contributed by atoms with E-state index < -0.39 is 35.7 Å². The molecular weight excluding hydrogens is 524 g/mol. The lowest BCUT2D eigenvalue weighted by Gasteiger charge is -2.40. The predicted molar refractivity (Wildman–Crippen MR) is 145 cm³/mol. The number of nitrogens with zero attached hydrogens (tertiary/aromatic N) is 2. The van der Waals surface area contributed by atoms with Gasteiger partial charge >= 0.3 is 6.09 Å². The van der Waals surface area contributed by atoms with E-state index in [1.54, 1.807) is 48.8 Å². The highest BCUT2D eigenvalue weighted by Gasteiger charge is 2.49. The van der Waals surface area contributed by atoms with Gasteiger partial charge in [0.2, 0.25) is 11.8 Å². The van der Waals surface area contributed by atoms with Crippen LogP contribution in [0.5, 0.6) is 0 Å². The van der Waals surface area contributed by atoms with Crippen LogP contribution in [0.15, 0.2) is 48.5 Å². The zero-order chi connectivity index (χ0) is 28.3. The van der Waals surface area contributed by atoms with Gasteiger partial charge in [0.05, 0.1) is 25.1 Å². The van der Waals surface area contributed by atoms with E-state index in [2.05, 4.69) is 5.32 Å². The number of fused-ring (bicyclic) bond motifs is 1. The molecule has 2 aromatic rings. The van der Waals surface area contributed by atoms with Crippen LogP contribution in [-0.4, -0.2) is 77.1 Å². The molecule has 4 rings (SSSR count). The Morgan fingerprint density at radius 2 is 1.85 bits per heavy atom. The monoisotopic (exact) mass is 556 g/mol. The Bertz CT molecular complexity index is 1250. The second-order valence-electron chi connectivity index (χ2n) is 10.7. The molecule has 2 aliphatic heterocycles. The van der Waals surface area contributed by atoms with Crippen LogP contribution >= 0.6 is 11.6 Å². The van der Waals surface area contributed by atoms with E-state index >= 15 is 0 Å². The summed E-state index contributed by atoms with van der Waals surface area (Å²) in [6.07, 6.45) is -1.62. The van der Waals surface area contributed by atoms with Crippen molar-refractivity contribution in [1.82, 2.24) is 9.80 Å². The number of benzene rings is 2. The highest BCUT2D eigenvalue weighted by Crippen LogP contribution is 2.29. The van der Waals surface area contributed by atoms with Gasteiger partial charge in [-0.15, -0.1) is 0 Å². The summed E-state index contributed by atoms with van der Waals surface area (Å²) in [5.74, 6) is -1.31. The number of ether oxygens (including phenoxy) is 2. The van der Waals surface area contributed by atoms with E-state index in [0.29, 0.717) is 29.2 Å². The molecule has 208 valence electrons. The Balaban J connectivity index is 1.48. The zero-order valence-electron chi connectivity index (χ0n) is 22.2. The van der Waals surface area contributed by atoms with E-state index in [9.17, 15) is 19.2 Å². The number of nitrogens with one attached hydrogen (secondary N) is 1. The van der Waals surface area contributed by atoms with Crippen LogP contribution in [0.2, 0.25) is 5.02 Å². The summed E-state index contributed by atoms with van der Waals surface area (Å²) in [5.41, 5.74) is 6.34. The maximum atomic E-state index is 13.6. The fourth-order valence-electron chi connectivity index (χ4n) is 4.73. The summed E-state index contributed by atoms with van der Waals surface area (Å²) in [4.78, 5) is 53.7. The van der Waals surface area contributed by atoms with Crippen molar-refractivity contribution in [1.29, 1.82) is 0 Å². The summed E-state index contributed by atoms with van der Waals surface area (Å²) in [7, 11) is 0. The third kappa shape index (κ3) is 7.27. The first-order valence-electron chi connectivity index (χ1n) is 12.8. The average molecular weight is 557 g/mol. The van der Waals surface area contributed by atoms with Crippen LogP contribution in [-0.2, 0) is 25.5 Å². The molecular formula is C28H33ClN4O6. The van der Waals surface area contributed by atoms with Gasteiger partial charge in [-0.05, 0) is 69.2 Å². The van der Waals surface area contributed by atoms with E-state index in [4.69, 9.17) is 26.8 Å². The zero-order valence-corrected chi connectivity index (χ0v) is 22.9. The Kier molecular flexibility index (Phi) is 8.46. The number of carbonyl (C=O) groups excluding carboxylic acids is 4. The highest BCUT2D eigenvalue weighted by atomic mass is 35.5. The van der Waals surface area contributed by atoms with Gasteiger partial charge in [-0.1, -0.05) is 23.7 Å². The Hall–Kier alpha value is -3.63. The Morgan fingerprint density at radius 3 is 2.49 bits per heavy atom. The second-order valence-corrected chi connectivity index (χ2v) is 11.2. The number of hydrogen-bond acceptors (Lipinski definition) is 6. The molecule has 0 aromatic heterocycles. The van der Waals surface area contributed by atoms with Crippen LogP contribution < -0.4 is 11.1 Å². The van der Waals surface area contributed by atoms with Gasteiger partial charge in [-0.3, -0.25) is 14.4 Å². The van der Waals surface area contributed by atoms with E-state index in [-0.39, 0.29) is 31.5 Å². The van der Waals surface area contributed by atoms with Crippen LogP contribution in [0, 0.1) is 0 Å². The van der Waals surface area contributed by atoms with Crippen LogP contribution in [0.1, 0.15) is 43.1 Å². The molecule has 0 saturated carbocycles. The molecule has 0 radical (unpaired) electrons. The van der Waals surface area contributed by atoms with Crippen molar-refractivity contribution in [2.24, 2.45) is 5.73 Å². The van der Waals surface area contributed by atoms with Gasteiger partial charge in [0.15, 0.2) is 0 Å². The molecule has 3 atom stereocenters. The third-order valence-electron chi connectivity index (χ3n) is 6.54. The molecule has 10 nitrogen and oxygen atoms in total. The average Bonchev–Trinajstić information content (AvgIpc) is 3.27. The van der Waals surface area contributed by atoms with Crippen molar-refractivity contribution in [3.63, 3.8) is 0 Å². The molecule has 2 aliphatic rings. The minimum Gasteiger partial charge on any atom is -0.444 e. The molecule has 3 unspecified atom stereocenters. The minimum absolute atomic E-state index is 0.209. The molecule has 2 heterocycles. The summed E-state index contributed by atoms with van der Waals surface area (Å²) < 4.78 is 11.6. The first kappa shape index (κ1) is 28.4. The summed E-state index contributed by atoms with van der Waals surface area (Å²) in [6, 6.07) is 13.2. The molecule has 39 heavy (non-hydrogen) atoms. The number of carbonyl (C=O) groups is 4. The van der Waals surface area contributed by atoms with Crippen molar-refractivity contribution >= 4 is 41.1 Å². The molecule has 2 saturated heterocycles. The fourth-order valence-corrected chi connectivity index (χ4v) is 4.95. The lowest BCUT2D eigenvalue weighted by atomic mass is 10.0. The number of nitrogens with two attached hydrogens (primary N) is 1. The van der Waals surface area contributed by atoms with Crippen molar-refractivity contribution in [3.8, 4) is 0 Å². The lowest BCUT2D eigenvalue weighted by Crippen LogP contribution is -2.59. The van der Waals surface area contributed by atoms with Gasteiger partial charge in [-0.2, -0.15) is 0 Å². The Labute approximate surface area is 232 Å². The molecule has 0 bridgehead atoms. The van der Waals surface area contributed by atoms with Crippen molar-refractivity contribution < 1.29 is 28.7 Å². The van der Waals surface area contributed by atoms with Gasteiger partial charge in [0.25, 0.3) is 5.91 Å². The summed E-state index contributed by atoms with van der Waals surface area (Å²) >= 11 is 6.14. The minimum atomic E-state index is -1.02. The number of amides is 4. The topological polar surface area (TPSA) is 131 Å². The SMILES string of the molecule is CC(C)(C)OC(=O)N1CC2OC(CC(=O)Nc3ccc(C(N)=O)cc3)C(=O)N(CCc3cccc(Cl)c3)C2C1. The fraction of sp³-hybridized carbons (Fsp3) is 0.429. The highest BCUT2D eigenvalue weighted by molar-refractivity contribution is 6.30. The summed E-state index contributed by atoms with van der Waals surface area (Å²) in [6.45, 7) is 6.27. The number of hydrogen-bond donors (Lipinski definition) is 2. The van der Waals surface area contributed by atoms with Crippen LogP contribution in [0.4, 0.5) is 10.5 Å². The summed E-state index contributed by atoms with van der Waals surface area (Å²) in [5, 5.41) is 3.33. The van der Waals surface area contributed by atoms with Crippen molar-refractivity contribution in [3.05, 3.63) is 64.7 Å². The number of rotatable bonds is 7. The molecule has 4 amide bonds. The lowest BCUT2D eigenvalue weighted by molar-refractivity contribution is -0.168.